The number of nitrogens with one attached hydrogen (secondary N) is 2. The van der Waals surface area contributed by atoms with Crippen LogP contribution in [0.2, 0.25) is 10.0 Å². The van der Waals surface area contributed by atoms with Crippen LogP contribution in [-0.2, 0) is 0 Å². The second-order valence-electron chi connectivity index (χ2n) is 5.12. The highest BCUT2D eigenvalue weighted by Gasteiger charge is 2.07. The van der Waals surface area contributed by atoms with Gasteiger partial charge in [-0.25, -0.2) is 5.43 Å². The maximum atomic E-state index is 12.2. The number of nitrogens with zero attached hydrogens (tertiary/aromatic N) is 3. The molecular formula is C17H13Cl2N5O2. The zero-order chi connectivity index (χ0) is 18.5. The van der Waals surface area contributed by atoms with Gasteiger partial charge in [-0.15, -0.1) is 10.2 Å². The van der Waals surface area contributed by atoms with Crippen LogP contribution in [0.15, 0.2) is 52.4 Å². The van der Waals surface area contributed by atoms with Gasteiger partial charge >= 0.3 is 0 Å². The lowest BCUT2D eigenvalue weighted by Crippen LogP contribution is -2.15. The predicted molar refractivity (Wildman–Crippen MR) is 102 cm³/mol. The molecule has 0 bridgehead atoms. The summed E-state index contributed by atoms with van der Waals surface area (Å²) in [6.45, 7) is 0. The Balaban J connectivity index is 1.73. The molecule has 132 valence electrons. The van der Waals surface area contributed by atoms with Crippen molar-refractivity contribution in [2.45, 2.75) is 0 Å². The summed E-state index contributed by atoms with van der Waals surface area (Å²) in [5, 5.41) is 12.7. The molecule has 3 aromatic rings. The van der Waals surface area contributed by atoms with Gasteiger partial charge in [0.05, 0.1) is 23.4 Å². The van der Waals surface area contributed by atoms with Crippen molar-refractivity contribution < 1.29 is 4.74 Å². The Kier molecular flexibility index (Phi) is 5.50. The summed E-state index contributed by atoms with van der Waals surface area (Å²) in [5.74, 6) is 0.802. The van der Waals surface area contributed by atoms with Crippen LogP contribution < -0.4 is 15.7 Å². The van der Waals surface area contributed by atoms with E-state index in [9.17, 15) is 4.79 Å². The number of anilines is 1. The maximum absolute atomic E-state index is 12.2. The van der Waals surface area contributed by atoms with Gasteiger partial charge in [0.1, 0.15) is 5.75 Å². The van der Waals surface area contributed by atoms with Crippen LogP contribution in [0.4, 0.5) is 5.95 Å². The SMILES string of the molecule is COc1ccc(-c2nnc(N/N=C/c3ccc(Cl)c(Cl)c3)[nH]c2=O)cc1. The molecule has 0 aliphatic carbocycles. The van der Waals surface area contributed by atoms with E-state index in [2.05, 4.69) is 25.7 Å². The molecule has 2 N–H and O–H groups in total. The summed E-state index contributed by atoms with van der Waals surface area (Å²) in [5.41, 5.74) is 3.78. The van der Waals surface area contributed by atoms with E-state index in [0.29, 0.717) is 21.4 Å². The van der Waals surface area contributed by atoms with Crippen LogP contribution in [0.5, 0.6) is 5.75 Å². The third-order valence-corrected chi connectivity index (χ3v) is 4.13. The lowest BCUT2D eigenvalue weighted by Gasteiger charge is -2.03. The van der Waals surface area contributed by atoms with E-state index < -0.39 is 5.56 Å². The number of H-pyrrole nitrogens is 1. The Morgan fingerprint density at radius 3 is 2.54 bits per heavy atom. The highest BCUT2D eigenvalue weighted by atomic mass is 35.5. The summed E-state index contributed by atoms with van der Waals surface area (Å²) in [7, 11) is 1.57. The summed E-state index contributed by atoms with van der Waals surface area (Å²) >= 11 is 11.8. The van der Waals surface area contributed by atoms with E-state index in [-0.39, 0.29) is 11.6 Å². The Labute approximate surface area is 158 Å². The lowest BCUT2D eigenvalue weighted by atomic mass is 10.1. The van der Waals surface area contributed by atoms with Crippen molar-refractivity contribution in [3.8, 4) is 17.0 Å². The Bertz CT molecular complexity index is 1000. The minimum Gasteiger partial charge on any atom is -0.497 e. The smallest absolute Gasteiger partial charge is 0.279 e. The number of aromatic nitrogens is 3. The second kappa shape index (κ2) is 7.99. The van der Waals surface area contributed by atoms with E-state index in [1.54, 1.807) is 49.6 Å². The number of hydrogen-bond acceptors (Lipinski definition) is 6. The number of hydrogen-bond donors (Lipinski definition) is 2. The molecule has 3 rings (SSSR count). The van der Waals surface area contributed by atoms with Crippen molar-refractivity contribution in [2.75, 3.05) is 12.5 Å². The molecule has 9 heteroatoms. The molecule has 1 heterocycles. The zero-order valence-corrected chi connectivity index (χ0v) is 15.0. The normalized spacial score (nSPS) is 10.9. The summed E-state index contributed by atoms with van der Waals surface area (Å²) in [6, 6.07) is 12.0. The van der Waals surface area contributed by atoms with Gasteiger partial charge in [0, 0.05) is 5.56 Å². The van der Waals surface area contributed by atoms with Crippen LogP contribution in [0.1, 0.15) is 5.56 Å². The number of halogens is 2. The average Bonchev–Trinajstić information content (AvgIpc) is 2.65. The lowest BCUT2D eigenvalue weighted by molar-refractivity contribution is 0.415. The molecule has 0 saturated carbocycles. The van der Waals surface area contributed by atoms with E-state index in [1.165, 1.54) is 6.21 Å². The number of hydrazone groups is 1. The largest absolute Gasteiger partial charge is 0.497 e. The van der Waals surface area contributed by atoms with Gasteiger partial charge in [-0.05, 0) is 42.0 Å². The van der Waals surface area contributed by atoms with Gasteiger partial charge in [0.2, 0.25) is 5.95 Å². The minimum atomic E-state index is -0.391. The molecule has 7 nitrogen and oxygen atoms in total. The van der Waals surface area contributed by atoms with Crippen LogP contribution in [0.3, 0.4) is 0 Å². The highest BCUT2D eigenvalue weighted by molar-refractivity contribution is 6.42. The first-order valence-electron chi connectivity index (χ1n) is 7.42. The van der Waals surface area contributed by atoms with Crippen LogP contribution >= 0.6 is 23.2 Å². The number of benzene rings is 2. The quantitative estimate of drug-likeness (QED) is 0.513. The first-order valence-corrected chi connectivity index (χ1v) is 8.18. The number of rotatable bonds is 5. The molecule has 2 aromatic carbocycles. The van der Waals surface area contributed by atoms with E-state index in [4.69, 9.17) is 27.9 Å². The number of ether oxygens (including phenoxy) is 1. The molecular weight excluding hydrogens is 377 g/mol. The molecule has 0 unspecified atom stereocenters. The van der Waals surface area contributed by atoms with Gasteiger partial charge in [0.15, 0.2) is 5.69 Å². The topological polar surface area (TPSA) is 92.3 Å². The fraction of sp³-hybridized carbons (Fsp3) is 0.0588. The Hall–Kier alpha value is -2.90. The first kappa shape index (κ1) is 17.9. The van der Waals surface area contributed by atoms with Gasteiger partial charge < -0.3 is 4.74 Å². The molecule has 0 radical (unpaired) electrons. The van der Waals surface area contributed by atoms with E-state index >= 15 is 0 Å². The van der Waals surface area contributed by atoms with Gasteiger partial charge in [-0.2, -0.15) is 5.10 Å². The summed E-state index contributed by atoms with van der Waals surface area (Å²) < 4.78 is 5.09. The Morgan fingerprint density at radius 2 is 1.88 bits per heavy atom. The minimum absolute atomic E-state index is 0.114. The van der Waals surface area contributed by atoms with Crippen LogP contribution in [0, 0.1) is 0 Å². The molecule has 0 fully saturated rings. The molecule has 26 heavy (non-hydrogen) atoms. The maximum Gasteiger partial charge on any atom is 0.279 e. The van der Waals surface area contributed by atoms with Crippen molar-refractivity contribution >= 4 is 35.4 Å². The molecule has 0 atom stereocenters. The predicted octanol–water partition coefficient (Wildman–Crippen LogP) is 3.59. The molecule has 0 aliphatic rings. The van der Waals surface area contributed by atoms with E-state index in [0.717, 1.165) is 5.56 Å². The van der Waals surface area contributed by atoms with Crippen LogP contribution in [-0.4, -0.2) is 28.5 Å². The molecule has 0 aliphatic heterocycles. The van der Waals surface area contributed by atoms with Gasteiger partial charge in [-0.3, -0.25) is 9.78 Å². The Morgan fingerprint density at radius 1 is 1.12 bits per heavy atom. The summed E-state index contributed by atoms with van der Waals surface area (Å²) in [4.78, 5) is 14.8. The number of methoxy groups -OCH3 is 1. The zero-order valence-electron chi connectivity index (χ0n) is 13.5. The molecule has 1 aromatic heterocycles. The highest BCUT2D eigenvalue weighted by Crippen LogP contribution is 2.22. The van der Waals surface area contributed by atoms with Gasteiger partial charge in [-0.1, -0.05) is 29.3 Å². The van der Waals surface area contributed by atoms with Crippen molar-refractivity contribution in [1.82, 2.24) is 15.2 Å². The van der Waals surface area contributed by atoms with Crippen molar-refractivity contribution in [3.63, 3.8) is 0 Å². The molecule has 0 spiro atoms. The molecule has 0 saturated heterocycles. The average molecular weight is 390 g/mol. The number of aromatic amines is 1. The fourth-order valence-electron chi connectivity index (χ4n) is 2.09. The third kappa shape index (κ3) is 4.19. The fourth-order valence-corrected chi connectivity index (χ4v) is 2.39. The molecule has 0 amide bonds. The first-order chi connectivity index (χ1) is 12.6. The van der Waals surface area contributed by atoms with Crippen molar-refractivity contribution in [3.05, 3.63) is 68.4 Å². The monoisotopic (exact) mass is 389 g/mol. The third-order valence-electron chi connectivity index (χ3n) is 3.39. The van der Waals surface area contributed by atoms with Crippen LogP contribution in [0.25, 0.3) is 11.3 Å². The van der Waals surface area contributed by atoms with Crippen molar-refractivity contribution in [1.29, 1.82) is 0 Å². The standard InChI is InChI=1S/C17H13Cl2N5O2/c1-26-12-5-3-11(4-6-12)15-16(25)21-17(24-22-15)23-20-9-10-2-7-13(18)14(19)8-10/h2-9H,1H3,(H2,21,23,24,25)/b20-9+. The van der Waals surface area contributed by atoms with Gasteiger partial charge in [0.25, 0.3) is 5.56 Å². The van der Waals surface area contributed by atoms with E-state index in [1.807, 2.05) is 0 Å². The second-order valence-corrected chi connectivity index (χ2v) is 5.94. The van der Waals surface area contributed by atoms with Crippen molar-refractivity contribution in [2.24, 2.45) is 5.10 Å². The summed E-state index contributed by atoms with van der Waals surface area (Å²) in [6.07, 6.45) is 1.51.